The average Bonchev–Trinajstić information content (AvgIpc) is 3.22. The number of aromatic amines is 1. The summed E-state index contributed by atoms with van der Waals surface area (Å²) in [6, 6.07) is 5.47. The molecule has 0 saturated carbocycles. The number of H-pyrrole nitrogens is 1. The summed E-state index contributed by atoms with van der Waals surface area (Å²) in [5.41, 5.74) is -2.88. The SMILES string of the molecule is O=C(O)c1cc2c3cnc(Nc4ccc(F)c(Cl)c4)nc3n3nc(C(F)(F)F)cc3c2[nH]c1=O. The summed E-state index contributed by atoms with van der Waals surface area (Å²) in [6.45, 7) is 0. The number of anilines is 2. The fraction of sp³-hybridized carbons (Fsp3) is 0.0500. The average molecular weight is 493 g/mol. The maximum Gasteiger partial charge on any atom is 0.435 e. The highest BCUT2D eigenvalue weighted by Gasteiger charge is 2.35. The molecule has 0 amide bonds. The highest BCUT2D eigenvalue weighted by atomic mass is 35.5. The monoisotopic (exact) mass is 492 g/mol. The minimum atomic E-state index is -4.80. The van der Waals surface area contributed by atoms with Crippen LogP contribution in [0.5, 0.6) is 0 Å². The van der Waals surface area contributed by atoms with Crippen molar-refractivity contribution in [3.63, 3.8) is 0 Å². The molecular weight excluding hydrogens is 484 g/mol. The molecule has 14 heteroatoms. The number of carboxylic acid groups (broad SMARTS) is 1. The molecule has 9 nitrogen and oxygen atoms in total. The van der Waals surface area contributed by atoms with Gasteiger partial charge < -0.3 is 15.4 Å². The summed E-state index contributed by atoms with van der Waals surface area (Å²) in [7, 11) is 0. The Labute approximate surface area is 189 Å². The van der Waals surface area contributed by atoms with E-state index in [0.717, 1.165) is 16.6 Å². The van der Waals surface area contributed by atoms with Gasteiger partial charge in [-0.2, -0.15) is 23.3 Å². The minimum absolute atomic E-state index is 0.0693. The Morgan fingerprint density at radius 2 is 1.94 bits per heavy atom. The molecule has 0 aliphatic carbocycles. The molecule has 3 N–H and O–H groups in total. The van der Waals surface area contributed by atoms with E-state index in [9.17, 15) is 32.3 Å². The third kappa shape index (κ3) is 3.46. The molecule has 34 heavy (non-hydrogen) atoms. The number of rotatable bonds is 3. The van der Waals surface area contributed by atoms with Crippen LogP contribution in [0.25, 0.3) is 27.5 Å². The topological polar surface area (TPSA) is 125 Å². The number of hydrogen-bond acceptors (Lipinski definition) is 6. The second-order valence-corrected chi connectivity index (χ2v) is 7.52. The van der Waals surface area contributed by atoms with Crippen molar-refractivity contribution in [2.24, 2.45) is 0 Å². The molecule has 0 aliphatic rings. The zero-order chi connectivity index (χ0) is 24.4. The molecule has 0 saturated heterocycles. The summed E-state index contributed by atoms with van der Waals surface area (Å²) in [5.74, 6) is -2.25. The molecule has 0 atom stereocenters. The summed E-state index contributed by atoms with van der Waals surface area (Å²) >= 11 is 5.76. The molecule has 5 aromatic rings. The molecule has 0 fully saturated rings. The van der Waals surface area contributed by atoms with Crippen LogP contribution >= 0.6 is 11.6 Å². The fourth-order valence-corrected chi connectivity index (χ4v) is 3.63. The number of aromatic nitrogens is 5. The summed E-state index contributed by atoms with van der Waals surface area (Å²) in [4.78, 5) is 34.3. The number of hydrogen-bond donors (Lipinski definition) is 3. The molecule has 0 bridgehead atoms. The van der Waals surface area contributed by atoms with Gasteiger partial charge in [0.25, 0.3) is 5.56 Å². The minimum Gasteiger partial charge on any atom is -0.477 e. The first kappa shape index (κ1) is 21.6. The van der Waals surface area contributed by atoms with Crippen molar-refractivity contribution in [2.45, 2.75) is 6.18 Å². The van der Waals surface area contributed by atoms with Gasteiger partial charge in [-0.25, -0.2) is 18.7 Å². The van der Waals surface area contributed by atoms with Gasteiger partial charge in [0.1, 0.15) is 11.4 Å². The van der Waals surface area contributed by atoms with Gasteiger partial charge in [0.15, 0.2) is 11.3 Å². The van der Waals surface area contributed by atoms with E-state index < -0.39 is 34.8 Å². The van der Waals surface area contributed by atoms with Crippen molar-refractivity contribution in [1.29, 1.82) is 0 Å². The number of nitrogens with one attached hydrogen (secondary N) is 2. The largest absolute Gasteiger partial charge is 0.477 e. The van der Waals surface area contributed by atoms with Crippen LogP contribution in [0, 0.1) is 5.82 Å². The normalized spacial score (nSPS) is 12.0. The highest BCUT2D eigenvalue weighted by Crippen LogP contribution is 2.33. The maximum atomic E-state index is 13.4. The molecule has 0 unspecified atom stereocenters. The van der Waals surface area contributed by atoms with Crippen LogP contribution in [0.3, 0.4) is 0 Å². The number of carboxylic acids is 1. The number of nitrogens with zero attached hydrogens (tertiary/aromatic N) is 4. The number of aromatic carboxylic acids is 1. The lowest BCUT2D eigenvalue weighted by atomic mass is 10.1. The number of carbonyl (C=O) groups is 1. The molecular formula is C20H9ClF4N6O3. The first-order valence-electron chi connectivity index (χ1n) is 9.31. The van der Waals surface area contributed by atoms with Gasteiger partial charge in [-0.1, -0.05) is 11.6 Å². The Kier molecular flexibility index (Phi) is 4.68. The quantitative estimate of drug-likeness (QED) is 0.252. The van der Waals surface area contributed by atoms with Crippen LogP contribution in [0.4, 0.5) is 29.2 Å². The smallest absolute Gasteiger partial charge is 0.435 e. The Hall–Kier alpha value is -4.26. The second kappa shape index (κ2) is 7.38. The predicted molar refractivity (Wildman–Crippen MR) is 113 cm³/mol. The lowest BCUT2D eigenvalue weighted by Crippen LogP contribution is -2.17. The number of fused-ring (bicyclic) bond motifs is 6. The summed E-state index contributed by atoms with van der Waals surface area (Å²) < 4.78 is 54.5. The van der Waals surface area contributed by atoms with E-state index in [1.807, 2.05) is 0 Å². The molecule has 5 rings (SSSR count). The van der Waals surface area contributed by atoms with Gasteiger partial charge in [0.05, 0.1) is 16.1 Å². The van der Waals surface area contributed by atoms with Crippen LogP contribution in [-0.4, -0.2) is 35.6 Å². The summed E-state index contributed by atoms with van der Waals surface area (Å²) in [5, 5.41) is 15.7. The molecule has 172 valence electrons. The third-order valence-corrected chi connectivity index (χ3v) is 5.25. The molecule has 4 heterocycles. The van der Waals surface area contributed by atoms with Gasteiger partial charge >= 0.3 is 12.1 Å². The zero-order valence-corrected chi connectivity index (χ0v) is 17.2. The van der Waals surface area contributed by atoms with Gasteiger partial charge in [-0.05, 0) is 30.3 Å². The standard InChI is InChI=1S/C20H9ClF4N6O3/c21-11-3-7(1-2-12(11)22)27-19-26-6-10-8-4-9(18(33)34)17(32)28-15(8)13-5-14(20(23,24)25)30-31(13)16(10)29-19/h1-6H,(H,28,32)(H,33,34)(H,26,27,29). The van der Waals surface area contributed by atoms with Crippen molar-refractivity contribution in [3.8, 4) is 0 Å². The lowest BCUT2D eigenvalue weighted by Gasteiger charge is -2.10. The number of alkyl halides is 3. The van der Waals surface area contributed by atoms with Crippen molar-refractivity contribution < 1.29 is 27.5 Å². The Morgan fingerprint density at radius 1 is 1.18 bits per heavy atom. The fourth-order valence-electron chi connectivity index (χ4n) is 3.45. The second-order valence-electron chi connectivity index (χ2n) is 7.12. The van der Waals surface area contributed by atoms with Gasteiger partial charge in [-0.15, -0.1) is 0 Å². The van der Waals surface area contributed by atoms with E-state index in [2.05, 4.69) is 25.4 Å². The number of halogens is 5. The molecule has 0 spiro atoms. The Morgan fingerprint density at radius 3 is 2.62 bits per heavy atom. The van der Waals surface area contributed by atoms with Crippen molar-refractivity contribution >= 4 is 56.7 Å². The van der Waals surface area contributed by atoms with Gasteiger partial charge in [0.2, 0.25) is 5.95 Å². The molecule has 0 radical (unpaired) electrons. The summed E-state index contributed by atoms with van der Waals surface area (Å²) in [6.07, 6.45) is -3.57. The highest BCUT2D eigenvalue weighted by molar-refractivity contribution is 6.31. The first-order chi connectivity index (χ1) is 16.0. The third-order valence-electron chi connectivity index (χ3n) is 4.96. The van der Waals surface area contributed by atoms with Crippen LogP contribution in [0.15, 0.2) is 41.3 Å². The van der Waals surface area contributed by atoms with Crippen LogP contribution in [-0.2, 0) is 6.18 Å². The van der Waals surface area contributed by atoms with Gasteiger partial charge in [-0.3, -0.25) is 4.79 Å². The number of pyridine rings is 2. The zero-order valence-electron chi connectivity index (χ0n) is 16.4. The number of benzene rings is 1. The van der Waals surface area contributed by atoms with Crippen LogP contribution in [0.1, 0.15) is 16.1 Å². The maximum absolute atomic E-state index is 13.4. The molecule has 4 aromatic heterocycles. The van der Waals surface area contributed by atoms with Crippen molar-refractivity contribution in [3.05, 3.63) is 69.0 Å². The van der Waals surface area contributed by atoms with E-state index >= 15 is 0 Å². The van der Waals surface area contributed by atoms with Crippen molar-refractivity contribution in [1.82, 2.24) is 24.6 Å². The first-order valence-corrected chi connectivity index (χ1v) is 9.69. The van der Waals surface area contributed by atoms with Gasteiger partial charge in [0, 0.05) is 22.7 Å². The lowest BCUT2D eigenvalue weighted by molar-refractivity contribution is -0.141. The van der Waals surface area contributed by atoms with E-state index in [1.165, 1.54) is 18.3 Å². The van der Waals surface area contributed by atoms with E-state index in [-0.39, 0.29) is 38.4 Å². The van der Waals surface area contributed by atoms with Crippen molar-refractivity contribution in [2.75, 3.05) is 5.32 Å². The predicted octanol–water partition coefficient (Wildman–Crippen LogP) is 4.37. The van der Waals surface area contributed by atoms with Crippen LogP contribution in [0.2, 0.25) is 5.02 Å². The Bertz CT molecular complexity index is 1710. The Balaban J connectivity index is 1.82. The molecule has 1 aromatic carbocycles. The van der Waals surface area contributed by atoms with E-state index in [4.69, 9.17) is 11.6 Å². The van der Waals surface area contributed by atoms with Crippen LogP contribution < -0.4 is 10.9 Å². The van der Waals surface area contributed by atoms with E-state index in [1.54, 1.807) is 0 Å². The molecule has 0 aliphatic heterocycles. The van der Waals surface area contributed by atoms with E-state index in [0.29, 0.717) is 11.8 Å².